The maximum absolute atomic E-state index is 12.3. The molecule has 0 spiro atoms. The van der Waals surface area contributed by atoms with Crippen molar-refractivity contribution < 1.29 is 4.79 Å². The molecule has 2 rings (SSSR count). The smallest absolute Gasteiger partial charge is 0.236 e. The van der Waals surface area contributed by atoms with Crippen LogP contribution in [0.2, 0.25) is 0 Å². The molecule has 0 atom stereocenters. The minimum atomic E-state index is 0.0574. The number of amides is 1. The second-order valence-electron chi connectivity index (χ2n) is 6.55. The highest BCUT2D eigenvalue weighted by molar-refractivity contribution is 5.78. The molecule has 2 fully saturated rings. The molecule has 2 aliphatic rings. The van der Waals surface area contributed by atoms with Crippen LogP contribution in [0.1, 0.15) is 45.4 Å². The third-order valence-electron chi connectivity index (χ3n) is 5.23. The van der Waals surface area contributed by atoms with E-state index in [1.165, 1.54) is 12.8 Å². The summed E-state index contributed by atoms with van der Waals surface area (Å²) in [5, 5.41) is 0. The van der Waals surface area contributed by atoms with Gasteiger partial charge in [-0.25, -0.2) is 0 Å². The second-order valence-corrected chi connectivity index (χ2v) is 6.55. The van der Waals surface area contributed by atoms with Gasteiger partial charge in [-0.05, 0) is 51.5 Å². The van der Waals surface area contributed by atoms with Crippen molar-refractivity contribution in [2.45, 2.75) is 51.0 Å². The molecule has 110 valence electrons. The number of rotatable bonds is 4. The van der Waals surface area contributed by atoms with Crippen molar-refractivity contribution in [3.8, 4) is 0 Å². The van der Waals surface area contributed by atoms with E-state index >= 15 is 0 Å². The van der Waals surface area contributed by atoms with Crippen molar-refractivity contribution >= 4 is 5.91 Å². The Bertz CT molecular complexity index is 305. The van der Waals surface area contributed by atoms with E-state index in [2.05, 4.69) is 18.9 Å². The zero-order chi connectivity index (χ0) is 13.9. The SMILES string of the molecule is CC1CCC(CN)(N(C)CC(=O)N2CCCC2)CC1. The summed E-state index contributed by atoms with van der Waals surface area (Å²) in [6.07, 6.45) is 7.06. The molecule has 19 heavy (non-hydrogen) atoms. The van der Waals surface area contributed by atoms with Gasteiger partial charge >= 0.3 is 0 Å². The number of hydrogen-bond donors (Lipinski definition) is 1. The number of hydrogen-bond acceptors (Lipinski definition) is 3. The summed E-state index contributed by atoms with van der Waals surface area (Å²) < 4.78 is 0. The molecule has 0 radical (unpaired) electrons. The molecule has 2 N–H and O–H groups in total. The predicted molar refractivity (Wildman–Crippen MR) is 77.9 cm³/mol. The van der Waals surface area contributed by atoms with Gasteiger partial charge in [-0.15, -0.1) is 0 Å². The molecule has 0 aromatic carbocycles. The quantitative estimate of drug-likeness (QED) is 0.838. The molecule has 1 aliphatic heterocycles. The Balaban J connectivity index is 1.92. The first-order valence-corrected chi connectivity index (χ1v) is 7.76. The van der Waals surface area contributed by atoms with E-state index in [1.54, 1.807) is 0 Å². The molecule has 1 aliphatic carbocycles. The van der Waals surface area contributed by atoms with Crippen LogP contribution in [0.3, 0.4) is 0 Å². The first-order chi connectivity index (χ1) is 9.07. The van der Waals surface area contributed by atoms with Crippen molar-refractivity contribution in [3.05, 3.63) is 0 Å². The van der Waals surface area contributed by atoms with Crippen molar-refractivity contribution in [1.82, 2.24) is 9.80 Å². The minimum absolute atomic E-state index is 0.0574. The van der Waals surface area contributed by atoms with E-state index < -0.39 is 0 Å². The number of nitrogens with zero attached hydrogens (tertiary/aromatic N) is 2. The molecular formula is C15H29N3O. The van der Waals surface area contributed by atoms with Gasteiger partial charge in [0, 0.05) is 25.2 Å². The van der Waals surface area contributed by atoms with Crippen molar-refractivity contribution in [1.29, 1.82) is 0 Å². The lowest BCUT2D eigenvalue weighted by Gasteiger charge is -2.45. The summed E-state index contributed by atoms with van der Waals surface area (Å²) in [5.41, 5.74) is 6.10. The standard InChI is InChI=1S/C15H29N3O/c1-13-5-7-15(12-16,8-6-13)17(2)11-14(19)18-9-3-4-10-18/h13H,3-12,16H2,1-2H3. The Morgan fingerprint density at radius 3 is 2.42 bits per heavy atom. The lowest BCUT2D eigenvalue weighted by Crippen LogP contribution is -2.56. The monoisotopic (exact) mass is 267 g/mol. The van der Waals surface area contributed by atoms with E-state index in [9.17, 15) is 4.79 Å². The summed E-state index contributed by atoms with van der Waals surface area (Å²) in [6, 6.07) is 0. The molecule has 0 aromatic heterocycles. The fraction of sp³-hybridized carbons (Fsp3) is 0.933. The van der Waals surface area contributed by atoms with E-state index in [0.717, 1.165) is 44.7 Å². The minimum Gasteiger partial charge on any atom is -0.342 e. The van der Waals surface area contributed by atoms with Crippen LogP contribution in [0.5, 0.6) is 0 Å². The first-order valence-electron chi connectivity index (χ1n) is 7.76. The number of carbonyl (C=O) groups is 1. The number of likely N-dealkylation sites (tertiary alicyclic amines) is 1. The van der Waals surface area contributed by atoms with Gasteiger partial charge in [0.05, 0.1) is 6.54 Å². The Morgan fingerprint density at radius 2 is 1.89 bits per heavy atom. The van der Waals surface area contributed by atoms with Crippen molar-refractivity contribution in [2.75, 3.05) is 33.2 Å². The van der Waals surface area contributed by atoms with Gasteiger partial charge in [0.2, 0.25) is 5.91 Å². The zero-order valence-electron chi connectivity index (χ0n) is 12.5. The highest BCUT2D eigenvalue weighted by Crippen LogP contribution is 2.35. The summed E-state index contributed by atoms with van der Waals surface area (Å²) in [7, 11) is 2.08. The van der Waals surface area contributed by atoms with Crippen LogP contribution in [-0.4, -0.2) is 54.5 Å². The number of likely N-dealkylation sites (N-methyl/N-ethyl adjacent to an activating group) is 1. The molecule has 0 aromatic rings. The van der Waals surface area contributed by atoms with Gasteiger partial charge in [-0.1, -0.05) is 6.92 Å². The Hall–Kier alpha value is -0.610. The van der Waals surface area contributed by atoms with E-state index in [1.807, 2.05) is 4.90 Å². The largest absolute Gasteiger partial charge is 0.342 e. The molecule has 0 bridgehead atoms. The number of carbonyl (C=O) groups excluding carboxylic acids is 1. The highest BCUT2D eigenvalue weighted by atomic mass is 16.2. The van der Waals surface area contributed by atoms with Gasteiger partial charge in [-0.2, -0.15) is 0 Å². The molecule has 1 amide bonds. The Morgan fingerprint density at radius 1 is 1.32 bits per heavy atom. The normalized spacial score (nSPS) is 32.0. The molecule has 4 nitrogen and oxygen atoms in total. The van der Waals surface area contributed by atoms with Crippen LogP contribution >= 0.6 is 0 Å². The predicted octanol–water partition coefficient (Wildman–Crippen LogP) is 1.45. The fourth-order valence-corrected chi connectivity index (χ4v) is 3.48. The molecule has 1 saturated carbocycles. The van der Waals surface area contributed by atoms with E-state index in [0.29, 0.717) is 13.1 Å². The first kappa shape index (κ1) is 14.8. The topological polar surface area (TPSA) is 49.6 Å². The van der Waals surface area contributed by atoms with Crippen molar-refractivity contribution in [2.24, 2.45) is 11.7 Å². The van der Waals surface area contributed by atoms with Gasteiger partial charge in [0.1, 0.15) is 0 Å². The van der Waals surface area contributed by atoms with Gasteiger partial charge in [0.25, 0.3) is 0 Å². The van der Waals surface area contributed by atoms with Gasteiger partial charge in [0.15, 0.2) is 0 Å². The average Bonchev–Trinajstić information content (AvgIpc) is 2.94. The fourth-order valence-electron chi connectivity index (χ4n) is 3.48. The van der Waals surface area contributed by atoms with Crippen LogP contribution in [0.4, 0.5) is 0 Å². The van der Waals surface area contributed by atoms with Gasteiger partial charge in [-0.3, -0.25) is 9.69 Å². The van der Waals surface area contributed by atoms with Crippen LogP contribution in [-0.2, 0) is 4.79 Å². The number of nitrogens with two attached hydrogens (primary N) is 1. The average molecular weight is 267 g/mol. The molecule has 1 saturated heterocycles. The lowest BCUT2D eigenvalue weighted by molar-refractivity contribution is -0.132. The Labute approximate surface area is 117 Å². The summed E-state index contributed by atoms with van der Waals surface area (Å²) in [4.78, 5) is 16.5. The molecule has 1 heterocycles. The maximum atomic E-state index is 12.3. The summed E-state index contributed by atoms with van der Waals surface area (Å²) in [5.74, 6) is 1.09. The molecule has 4 heteroatoms. The second kappa shape index (κ2) is 6.23. The van der Waals surface area contributed by atoms with Crippen LogP contribution in [0, 0.1) is 5.92 Å². The maximum Gasteiger partial charge on any atom is 0.236 e. The lowest BCUT2D eigenvalue weighted by atomic mass is 9.76. The van der Waals surface area contributed by atoms with Crippen LogP contribution < -0.4 is 5.73 Å². The van der Waals surface area contributed by atoms with Gasteiger partial charge < -0.3 is 10.6 Å². The van der Waals surface area contributed by atoms with E-state index in [-0.39, 0.29) is 11.4 Å². The third kappa shape index (κ3) is 3.29. The van der Waals surface area contributed by atoms with Crippen LogP contribution in [0.15, 0.2) is 0 Å². The molecule has 0 unspecified atom stereocenters. The highest BCUT2D eigenvalue weighted by Gasteiger charge is 2.37. The van der Waals surface area contributed by atoms with Crippen molar-refractivity contribution in [3.63, 3.8) is 0 Å². The van der Waals surface area contributed by atoms with E-state index in [4.69, 9.17) is 5.73 Å². The summed E-state index contributed by atoms with van der Waals surface area (Å²) in [6.45, 7) is 5.41. The van der Waals surface area contributed by atoms with Crippen LogP contribution in [0.25, 0.3) is 0 Å². The molecular weight excluding hydrogens is 238 g/mol. The zero-order valence-corrected chi connectivity index (χ0v) is 12.5. The third-order valence-corrected chi connectivity index (χ3v) is 5.23. The Kier molecular flexibility index (Phi) is 4.85. The summed E-state index contributed by atoms with van der Waals surface area (Å²) >= 11 is 0.